The Morgan fingerprint density at radius 1 is 1.25 bits per heavy atom. The first-order valence-electron chi connectivity index (χ1n) is 9.11. The van der Waals surface area contributed by atoms with Gasteiger partial charge in [-0.2, -0.15) is 0 Å². The second-order valence-corrected chi connectivity index (χ2v) is 7.96. The summed E-state index contributed by atoms with van der Waals surface area (Å²) in [5.41, 5.74) is 2.93. The molecule has 0 saturated carbocycles. The molecule has 3 aliphatic rings. The molecule has 3 aliphatic heterocycles. The number of rotatable bonds is 3. The van der Waals surface area contributed by atoms with Gasteiger partial charge >= 0.3 is 0 Å². The minimum Gasteiger partial charge on any atom is -0.368 e. The maximum absolute atomic E-state index is 13.4. The van der Waals surface area contributed by atoms with Gasteiger partial charge in [0.05, 0.1) is 0 Å². The van der Waals surface area contributed by atoms with Crippen molar-refractivity contribution in [3.8, 4) is 0 Å². The van der Waals surface area contributed by atoms with Crippen molar-refractivity contribution < 1.29 is 4.39 Å². The second kappa shape index (κ2) is 7.19. The number of fused-ring (bicyclic) bond motifs is 1. The van der Waals surface area contributed by atoms with E-state index >= 15 is 0 Å². The molecule has 0 radical (unpaired) electrons. The summed E-state index contributed by atoms with van der Waals surface area (Å²) in [6, 6.07) is 5.95. The van der Waals surface area contributed by atoms with Crippen LogP contribution in [0.25, 0.3) is 0 Å². The molecule has 0 aliphatic carbocycles. The average Bonchev–Trinajstić information content (AvgIpc) is 3.14. The van der Waals surface area contributed by atoms with E-state index in [1.807, 2.05) is 6.07 Å². The van der Waals surface area contributed by atoms with Crippen LogP contribution >= 0.6 is 12.4 Å². The fourth-order valence-corrected chi connectivity index (χ4v) is 4.71. The lowest BCUT2D eigenvalue weighted by atomic mass is 9.88. The molecule has 1 aromatic rings. The zero-order chi connectivity index (χ0) is 15.9. The molecule has 0 spiro atoms. The van der Waals surface area contributed by atoms with E-state index in [1.54, 1.807) is 12.1 Å². The summed E-state index contributed by atoms with van der Waals surface area (Å²) in [6.45, 7) is 9.45. The third-order valence-electron chi connectivity index (χ3n) is 6.03. The quantitative estimate of drug-likeness (QED) is 0.901. The Morgan fingerprint density at radius 2 is 2.04 bits per heavy atom. The summed E-state index contributed by atoms with van der Waals surface area (Å²) >= 11 is 0. The van der Waals surface area contributed by atoms with Crippen molar-refractivity contribution in [2.24, 2.45) is 5.41 Å². The van der Waals surface area contributed by atoms with Crippen molar-refractivity contribution in [1.82, 2.24) is 10.2 Å². The molecule has 24 heavy (non-hydrogen) atoms. The summed E-state index contributed by atoms with van der Waals surface area (Å²) in [5.74, 6) is -0.0983. The van der Waals surface area contributed by atoms with Gasteiger partial charge in [-0.25, -0.2) is 4.39 Å². The maximum Gasteiger partial charge on any atom is 0.123 e. The summed E-state index contributed by atoms with van der Waals surface area (Å²) in [7, 11) is 0. The fourth-order valence-electron chi connectivity index (χ4n) is 4.71. The number of likely N-dealkylation sites (tertiary alicyclic amines) is 1. The standard InChI is InChI=1S/C19H28FN3.ClH/c1-19(7-8-21-13-19)14-22-9-5-17(6-10-22)23-11-4-15-12-16(20)2-3-18(15)23;/h2-3,12,17,21H,4-11,13-14H2,1H3;1H. The normalized spacial score (nSPS) is 28.0. The molecule has 1 unspecified atom stereocenters. The fraction of sp³-hybridized carbons (Fsp3) is 0.684. The van der Waals surface area contributed by atoms with Crippen molar-refractivity contribution in [2.45, 2.75) is 38.6 Å². The molecule has 0 aromatic heterocycles. The first-order chi connectivity index (χ1) is 11.1. The first kappa shape index (κ1) is 18.0. The molecule has 2 saturated heterocycles. The molecule has 1 aromatic carbocycles. The van der Waals surface area contributed by atoms with Gasteiger partial charge in [-0.3, -0.25) is 0 Å². The smallest absolute Gasteiger partial charge is 0.123 e. The number of hydrogen-bond donors (Lipinski definition) is 1. The zero-order valence-electron chi connectivity index (χ0n) is 14.6. The van der Waals surface area contributed by atoms with Crippen LogP contribution in [0.2, 0.25) is 0 Å². The lowest BCUT2D eigenvalue weighted by Crippen LogP contribution is -2.47. The maximum atomic E-state index is 13.4. The molecule has 1 atom stereocenters. The van der Waals surface area contributed by atoms with Crippen LogP contribution in [0.15, 0.2) is 18.2 Å². The lowest BCUT2D eigenvalue weighted by molar-refractivity contribution is 0.143. The van der Waals surface area contributed by atoms with Crippen LogP contribution < -0.4 is 10.2 Å². The van der Waals surface area contributed by atoms with Gasteiger partial charge in [-0.1, -0.05) is 6.92 Å². The molecule has 0 amide bonds. The van der Waals surface area contributed by atoms with Gasteiger partial charge < -0.3 is 15.1 Å². The van der Waals surface area contributed by atoms with Gasteiger partial charge in [0.1, 0.15) is 5.82 Å². The van der Waals surface area contributed by atoms with Crippen molar-refractivity contribution in [3.63, 3.8) is 0 Å². The number of anilines is 1. The molecule has 1 N–H and O–H groups in total. The highest BCUT2D eigenvalue weighted by atomic mass is 35.5. The first-order valence-corrected chi connectivity index (χ1v) is 9.11. The highest BCUT2D eigenvalue weighted by Gasteiger charge is 2.34. The molecule has 3 heterocycles. The van der Waals surface area contributed by atoms with E-state index in [2.05, 4.69) is 22.0 Å². The minimum atomic E-state index is -0.0983. The number of nitrogens with zero attached hydrogens (tertiary/aromatic N) is 2. The van der Waals surface area contributed by atoms with Gasteiger partial charge in [0, 0.05) is 44.5 Å². The van der Waals surface area contributed by atoms with Gasteiger partial charge in [0.15, 0.2) is 0 Å². The Hall–Kier alpha value is -0.840. The van der Waals surface area contributed by atoms with Crippen LogP contribution in [-0.4, -0.2) is 50.2 Å². The summed E-state index contributed by atoms with van der Waals surface area (Å²) in [4.78, 5) is 5.19. The average molecular weight is 354 g/mol. The Balaban J connectivity index is 0.00000169. The van der Waals surface area contributed by atoms with Gasteiger partial charge in [-0.15, -0.1) is 12.4 Å². The summed E-state index contributed by atoms with van der Waals surface area (Å²) in [5, 5.41) is 3.51. The SMILES string of the molecule is CC1(CN2CCC(N3CCc4cc(F)ccc43)CC2)CCNC1.Cl. The number of halogens is 2. The number of hydrogen-bond acceptors (Lipinski definition) is 3. The van der Waals surface area contributed by atoms with Crippen molar-refractivity contribution in [2.75, 3.05) is 44.2 Å². The number of benzene rings is 1. The highest BCUT2D eigenvalue weighted by molar-refractivity contribution is 5.85. The lowest BCUT2D eigenvalue weighted by Gasteiger charge is -2.40. The van der Waals surface area contributed by atoms with E-state index in [1.165, 1.54) is 56.7 Å². The van der Waals surface area contributed by atoms with E-state index in [9.17, 15) is 4.39 Å². The molecular weight excluding hydrogens is 325 g/mol. The second-order valence-electron chi connectivity index (χ2n) is 7.96. The van der Waals surface area contributed by atoms with Gasteiger partial charge in [-0.05, 0) is 61.4 Å². The summed E-state index contributed by atoms with van der Waals surface area (Å²) < 4.78 is 13.4. The van der Waals surface area contributed by atoms with Gasteiger partial charge in [0.2, 0.25) is 0 Å². The Bertz CT molecular complexity index is 566. The van der Waals surface area contributed by atoms with E-state index in [0.29, 0.717) is 11.5 Å². The largest absolute Gasteiger partial charge is 0.368 e. The summed E-state index contributed by atoms with van der Waals surface area (Å²) in [6.07, 6.45) is 4.77. The minimum absolute atomic E-state index is 0. The van der Waals surface area contributed by atoms with Crippen LogP contribution in [0, 0.1) is 11.2 Å². The van der Waals surface area contributed by atoms with Crippen LogP contribution in [0.5, 0.6) is 0 Å². The molecule has 3 nitrogen and oxygen atoms in total. The van der Waals surface area contributed by atoms with Crippen molar-refractivity contribution in [1.29, 1.82) is 0 Å². The predicted octanol–water partition coefficient (Wildman–Crippen LogP) is 3.07. The highest BCUT2D eigenvalue weighted by Crippen LogP contribution is 2.34. The van der Waals surface area contributed by atoms with Gasteiger partial charge in [0.25, 0.3) is 0 Å². The zero-order valence-corrected chi connectivity index (χ0v) is 15.4. The van der Waals surface area contributed by atoms with Crippen molar-refractivity contribution >= 4 is 18.1 Å². The Kier molecular flexibility index (Phi) is 5.38. The Morgan fingerprint density at radius 3 is 2.75 bits per heavy atom. The Labute approximate surface area is 151 Å². The molecule has 4 rings (SSSR count). The number of nitrogens with one attached hydrogen (secondary N) is 1. The molecule has 134 valence electrons. The predicted molar refractivity (Wildman–Crippen MR) is 99.8 cm³/mol. The van der Waals surface area contributed by atoms with Crippen LogP contribution in [-0.2, 0) is 6.42 Å². The molecule has 0 bridgehead atoms. The van der Waals surface area contributed by atoms with Crippen molar-refractivity contribution in [3.05, 3.63) is 29.6 Å². The van der Waals surface area contributed by atoms with E-state index in [-0.39, 0.29) is 18.2 Å². The topological polar surface area (TPSA) is 18.5 Å². The van der Waals surface area contributed by atoms with Crippen LogP contribution in [0.3, 0.4) is 0 Å². The molecular formula is C19H29ClFN3. The van der Waals surface area contributed by atoms with E-state index in [0.717, 1.165) is 19.5 Å². The molecule has 5 heteroatoms. The van der Waals surface area contributed by atoms with E-state index < -0.39 is 0 Å². The van der Waals surface area contributed by atoms with E-state index in [4.69, 9.17) is 0 Å². The monoisotopic (exact) mass is 353 g/mol. The van der Waals surface area contributed by atoms with Crippen LogP contribution in [0.4, 0.5) is 10.1 Å². The third-order valence-corrected chi connectivity index (χ3v) is 6.03. The third kappa shape index (κ3) is 3.56. The number of piperidine rings is 1. The molecule has 2 fully saturated rings. The van der Waals surface area contributed by atoms with Crippen LogP contribution in [0.1, 0.15) is 31.7 Å².